The molecule has 116 valence electrons. The molecule has 2 atom stereocenters. The van der Waals surface area contributed by atoms with Crippen LogP contribution >= 0.6 is 0 Å². The molecule has 1 aromatic heterocycles. The average molecular weight is 301 g/mol. The summed E-state index contributed by atoms with van der Waals surface area (Å²) in [5, 5.41) is 2.66. The van der Waals surface area contributed by atoms with Gasteiger partial charge in [-0.15, -0.1) is 0 Å². The van der Waals surface area contributed by atoms with Gasteiger partial charge in [-0.1, -0.05) is 0 Å². The van der Waals surface area contributed by atoms with Gasteiger partial charge in [-0.3, -0.25) is 9.78 Å². The summed E-state index contributed by atoms with van der Waals surface area (Å²) in [5.41, 5.74) is -1.56. The molecule has 1 aromatic rings. The fourth-order valence-corrected chi connectivity index (χ4v) is 2.62. The number of rotatable bonds is 3. The lowest BCUT2D eigenvalue weighted by atomic mass is 9.84. The second-order valence-electron chi connectivity index (χ2n) is 5.38. The van der Waals surface area contributed by atoms with Crippen LogP contribution in [0.4, 0.5) is 13.2 Å². The monoisotopic (exact) mass is 301 g/mol. The van der Waals surface area contributed by atoms with Gasteiger partial charge >= 0.3 is 6.18 Å². The third kappa shape index (κ3) is 2.74. The number of carbonyl (C=O) groups excluding carboxylic acids is 1. The van der Waals surface area contributed by atoms with E-state index in [4.69, 9.17) is 0 Å². The minimum atomic E-state index is -4.56. The van der Waals surface area contributed by atoms with Gasteiger partial charge in [0.2, 0.25) is 5.91 Å². The van der Waals surface area contributed by atoms with Crippen LogP contribution in [0.15, 0.2) is 24.5 Å². The van der Waals surface area contributed by atoms with Crippen molar-refractivity contribution in [1.29, 1.82) is 0 Å². The molecule has 1 saturated heterocycles. The summed E-state index contributed by atoms with van der Waals surface area (Å²) in [5.74, 6) is -0.885. The zero-order chi connectivity index (χ0) is 15.7. The normalized spacial score (nSPS) is 23.9. The van der Waals surface area contributed by atoms with E-state index in [1.54, 1.807) is 31.5 Å². The van der Waals surface area contributed by atoms with Crippen molar-refractivity contribution < 1.29 is 18.0 Å². The van der Waals surface area contributed by atoms with E-state index in [0.29, 0.717) is 0 Å². The van der Waals surface area contributed by atoms with E-state index in [-0.39, 0.29) is 19.5 Å². The van der Waals surface area contributed by atoms with Crippen LogP contribution in [0.3, 0.4) is 0 Å². The van der Waals surface area contributed by atoms with Crippen LogP contribution in [0.2, 0.25) is 0 Å². The second kappa shape index (κ2) is 5.63. The molecule has 4 nitrogen and oxygen atoms in total. The van der Waals surface area contributed by atoms with E-state index in [1.807, 2.05) is 0 Å². The predicted octanol–water partition coefficient (Wildman–Crippen LogP) is 2.14. The van der Waals surface area contributed by atoms with Crippen molar-refractivity contribution in [1.82, 2.24) is 15.2 Å². The van der Waals surface area contributed by atoms with Crippen molar-refractivity contribution in [3.05, 3.63) is 30.1 Å². The molecule has 0 aliphatic carbocycles. The van der Waals surface area contributed by atoms with Gasteiger partial charge in [0, 0.05) is 26.0 Å². The maximum Gasteiger partial charge on any atom is 0.404 e. The Bertz CT molecular complexity index is 498. The van der Waals surface area contributed by atoms with Gasteiger partial charge in [-0.05, 0) is 37.6 Å². The highest BCUT2D eigenvalue weighted by molar-refractivity contribution is 5.84. The Morgan fingerprint density at radius 1 is 1.43 bits per heavy atom. The maximum absolute atomic E-state index is 13.4. The summed E-state index contributed by atoms with van der Waals surface area (Å²) in [7, 11) is 1.42. The molecule has 1 aliphatic rings. The van der Waals surface area contributed by atoms with Crippen LogP contribution in [-0.2, 0) is 4.79 Å². The molecule has 0 aromatic carbocycles. The third-order valence-electron chi connectivity index (χ3n) is 4.20. The van der Waals surface area contributed by atoms with Crippen LogP contribution < -0.4 is 5.32 Å². The van der Waals surface area contributed by atoms with Crippen LogP contribution in [0.1, 0.15) is 24.9 Å². The molecule has 1 N–H and O–H groups in total. The molecule has 2 heterocycles. The minimum absolute atomic E-state index is 0.197. The number of halogens is 3. The van der Waals surface area contributed by atoms with Crippen LogP contribution in [-0.4, -0.2) is 42.1 Å². The quantitative estimate of drug-likeness (QED) is 0.930. The summed E-state index contributed by atoms with van der Waals surface area (Å²) in [4.78, 5) is 17.5. The van der Waals surface area contributed by atoms with Crippen molar-refractivity contribution in [2.24, 2.45) is 5.41 Å². The first kappa shape index (κ1) is 15.8. The third-order valence-corrected chi connectivity index (χ3v) is 4.20. The van der Waals surface area contributed by atoms with Crippen molar-refractivity contribution in [3.8, 4) is 0 Å². The summed E-state index contributed by atoms with van der Waals surface area (Å²) in [6, 6.07) is 2.95. The molecule has 1 fully saturated rings. The van der Waals surface area contributed by atoms with E-state index >= 15 is 0 Å². The highest BCUT2D eigenvalue weighted by atomic mass is 19.4. The highest BCUT2D eigenvalue weighted by Gasteiger charge is 2.62. The van der Waals surface area contributed by atoms with E-state index in [9.17, 15) is 18.0 Å². The summed E-state index contributed by atoms with van der Waals surface area (Å²) in [6.45, 7) is 1.55. The standard InChI is InChI=1S/C14H18F3N3O/c1-10(11-3-6-18-7-4-11)20(2)12(21)13(14(15,16)17)5-8-19-9-13/h3-4,6-7,10,19H,5,8-9H2,1-2H3. The van der Waals surface area contributed by atoms with Crippen LogP contribution in [0, 0.1) is 5.41 Å². The van der Waals surface area contributed by atoms with E-state index in [0.717, 1.165) is 5.56 Å². The summed E-state index contributed by atoms with van der Waals surface area (Å²) in [6.07, 6.45) is -1.66. The molecule has 7 heteroatoms. The molecule has 2 rings (SSSR count). The summed E-state index contributed by atoms with van der Waals surface area (Å²) >= 11 is 0. The summed E-state index contributed by atoms with van der Waals surface area (Å²) < 4.78 is 40.2. The molecule has 21 heavy (non-hydrogen) atoms. The first-order chi connectivity index (χ1) is 9.79. The lowest BCUT2D eigenvalue weighted by Gasteiger charge is -2.36. The molecule has 0 spiro atoms. The van der Waals surface area contributed by atoms with E-state index in [2.05, 4.69) is 10.3 Å². The first-order valence-corrected chi connectivity index (χ1v) is 6.74. The average Bonchev–Trinajstić information content (AvgIpc) is 2.96. The van der Waals surface area contributed by atoms with E-state index < -0.39 is 23.5 Å². The van der Waals surface area contributed by atoms with Gasteiger partial charge in [0.25, 0.3) is 0 Å². The number of hydrogen-bond donors (Lipinski definition) is 1. The van der Waals surface area contributed by atoms with Gasteiger partial charge in [0.05, 0.1) is 6.04 Å². The number of carbonyl (C=O) groups is 1. The topological polar surface area (TPSA) is 45.2 Å². The Kier molecular flexibility index (Phi) is 4.22. The van der Waals surface area contributed by atoms with Crippen molar-refractivity contribution in [2.45, 2.75) is 25.6 Å². The van der Waals surface area contributed by atoms with Gasteiger partial charge in [0.1, 0.15) is 0 Å². The lowest BCUT2D eigenvalue weighted by Crippen LogP contribution is -2.53. The molecule has 0 bridgehead atoms. The Labute approximate surface area is 121 Å². The number of amides is 1. The van der Waals surface area contributed by atoms with Gasteiger partial charge < -0.3 is 10.2 Å². The van der Waals surface area contributed by atoms with E-state index in [1.165, 1.54) is 11.9 Å². The zero-order valence-electron chi connectivity index (χ0n) is 11.9. The largest absolute Gasteiger partial charge is 0.404 e. The Morgan fingerprint density at radius 3 is 2.52 bits per heavy atom. The lowest BCUT2D eigenvalue weighted by molar-refractivity contribution is -0.222. The molecule has 0 saturated carbocycles. The van der Waals surface area contributed by atoms with Crippen molar-refractivity contribution >= 4 is 5.91 Å². The Hall–Kier alpha value is -1.63. The number of pyridine rings is 1. The Morgan fingerprint density at radius 2 is 2.05 bits per heavy atom. The number of hydrogen-bond acceptors (Lipinski definition) is 3. The Balaban J connectivity index is 2.26. The molecule has 1 aliphatic heterocycles. The van der Waals surface area contributed by atoms with Gasteiger partial charge in [-0.25, -0.2) is 0 Å². The number of nitrogens with one attached hydrogen (secondary N) is 1. The SMILES string of the molecule is CC(c1ccncc1)N(C)C(=O)C1(C(F)(F)F)CCNC1. The van der Waals surface area contributed by atoms with Gasteiger partial charge in [-0.2, -0.15) is 13.2 Å². The van der Waals surface area contributed by atoms with Crippen molar-refractivity contribution in [3.63, 3.8) is 0 Å². The van der Waals surface area contributed by atoms with Crippen LogP contribution in [0.5, 0.6) is 0 Å². The van der Waals surface area contributed by atoms with Crippen LogP contribution in [0.25, 0.3) is 0 Å². The molecule has 1 amide bonds. The highest BCUT2D eigenvalue weighted by Crippen LogP contribution is 2.45. The smallest absolute Gasteiger partial charge is 0.338 e. The second-order valence-corrected chi connectivity index (χ2v) is 5.38. The molecular weight excluding hydrogens is 283 g/mol. The fourth-order valence-electron chi connectivity index (χ4n) is 2.62. The number of aromatic nitrogens is 1. The fraction of sp³-hybridized carbons (Fsp3) is 0.571. The van der Waals surface area contributed by atoms with Crippen molar-refractivity contribution in [2.75, 3.05) is 20.1 Å². The molecule has 0 radical (unpaired) electrons. The van der Waals surface area contributed by atoms with Gasteiger partial charge in [0.15, 0.2) is 5.41 Å². The number of nitrogens with zero attached hydrogens (tertiary/aromatic N) is 2. The number of alkyl halides is 3. The zero-order valence-corrected chi connectivity index (χ0v) is 11.9. The predicted molar refractivity (Wildman–Crippen MR) is 71.4 cm³/mol. The maximum atomic E-state index is 13.4. The minimum Gasteiger partial charge on any atom is -0.338 e. The first-order valence-electron chi connectivity index (χ1n) is 6.74. The molecule has 2 unspecified atom stereocenters. The molecular formula is C14H18F3N3O.